The summed E-state index contributed by atoms with van der Waals surface area (Å²) < 4.78 is 12.3. The first-order chi connectivity index (χ1) is 14.6. The van der Waals surface area contributed by atoms with Gasteiger partial charge in [-0.3, -0.25) is 0 Å². The maximum Gasteiger partial charge on any atom is 0.195 e. The van der Waals surface area contributed by atoms with Crippen LogP contribution in [0.15, 0.2) is 78.0 Å². The van der Waals surface area contributed by atoms with Gasteiger partial charge in [0.1, 0.15) is 0 Å². The molecule has 1 fully saturated rings. The topological polar surface area (TPSA) is 21.7 Å². The minimum absolute atomic E-state index is 0.401. The van der Waals surface area contributed by atoms with Crippen molar-refractivity contribution >= 4 is 0 Å². The molecule has 30 heavy (non-hydrogen) atoms. The Kier molecular flexibility index (Phi) is 6.40. The molecule has 1 unspecified atom stereocenters. The molecule has 0 radical (unpaired) electrons. The Morgan fingerprint density at radius 1 is 0.933 bits per heavy atom. The van der Waals surface area contributed by atoms with Crippen molar-refractivity contribution in [2.75, 3.05) is 19.8 Å². The van der Waals surface area contributed by atoms with Gasteiger partial charge in [0, 0.05) is 18.5 Å². The molecule has 3 nitrogen and oxygen atoms in total. The van der Waals surface area contributed by atoms with E-state index in [1.165, 1.54) is 22.3 Å². The van der Waals surface area contributed by atoms with Crippen molar-refractivity contribution in [3.63, 3.8) is 0 Å². The van der Waals surface area contributed by atoms with E-state index >= 15 is 0 Å². The SMILES string of the molecule is CC1=C(C)C(Cc2ccccc2)N(CCCC2(c3ccc(C)cc3)OCCO2)C=C1. The molecule has 0 N–H and O–H groups in total. The van der Waals surface area contributed by atoms with Crippen LogP contribution in [-0.2, 0) is 21.7 Å². The monoisotopic (exact) mass is 403 g/mol. The first-order valence-corrected chi connectivity index (χ1v) is 11.1. The predicted octanol–water partition coefficient (Wildman–Crippen LogP) is 5.75. The fraction of sp³-hybridized carbons (Fsp3) is 0.407. The van der Waals surface area contributed by atoms with Gasteiger partial charge < -0.3 is 14.4 Å². The van der Waals surface area contributed by atoms with E-state index in [0.717, 1.165) is 31.4 Å². The zero-order valence-corrected chi connectivity index (χ0v) is 18.4. The summed E-state index contributed by atoms with van der Waals surface area (Å²) in [6.07, 6.45) is 7.42. The van der Waals surface area contributed by atoms with E-state index in [-0.39, 0.29) is 0 Å². The van der Waals surface area contributed by atoms with E-state index in [1.807, 2.05) is 0 Å². The maximum atomic E-state index is 6.15. The van der Waals surface area contributed by atoms with Crippen LogP contribution in [0, 0.1) is 6.92 Å². The number of ether oxygens (including phenoxy) is 2. The highest BCUT2D eigenvalue weighted by molar-refractivity contribution is 5.32. The highest BCUT2D eigenvalue weighted by atomic mass is 16.7. The van der Waals surface area contributed by atoms with Crippen LogP contribution in [-0.4, -0.2) is 30.7 Å². The summed E-state index contributed by atoms with van der Waals surface area (Å²) in [5.74, 6) is -0.594. The molecule has 0 bridgehead atoms. The third-order valence-electron chi connectivity index (χ3n) is 6.48. The quantitative estimate of drug-likeness (QED) is 0.587. The number of nitrogens with zero attached hydrogens (tertiary/aromatic N) is 1. The van der Waals surface area contributed by atoms with Crippen molar-refractivity contribution in [1.29, 1.82) is 0 Å². The Morgan fingerprint density at radius 2 is 1.63 bits per heavy atom. The minimum atomic E-state index is -0.594. The van der Waals surface area contributed by atoms with E-state index in [4.69, 9.17) is 9.47 Å². The molecular weight excluding hydrogens is 370 g/mol. The smallest absolute Gasteiger partial charge is 0.195 e. The van der Waals surface area contributed by atoms with Gasteiger partial charge >= 0.3 is 0 Å². The summed E-state index contributed by atoms with van der Waals surface area (Å²) >= 11 is 0. The first kappa shape index (κ1) is 20.9. The lowest BCUT2D eigenvalue weighted by molar-refractivity contribution is -0.172. The summed E-state index contributed by atoms with van der Waals surface area (Å²) in [6, 6.07) is 19.8. The van der Waals surface area contributed by atoms with E-state index in [2.05, 4.69) is 92.5 Å². The van der Waals surface area contributed by atoms with Crippen molar-refractivity contribution < 1.29 is 9.47 Å². The van der Waals surface area contributed by atoms with Crippen molar-refractivity contribution in [3.05, 3.63) is 94.7 Å². The molecule has 2 aromatic carbocycles. The molecule has 1 saturated heterocycles. The van der Waals surface area contributed by atoms with Crippen molar-refractivity contribution in [1.82, 2.24) is 4.90 Å². The van der Waals surface area contributed by atoms with E-state index in [0.29, 0.717) is 19.3 Å². The van der Waals surface area contributed by atoms with Crippen molar-refractivity contribution in [3.8, 4) is 0 Å². The van der Waals surface area contributed by atoms with E-state index < -0.39 is 5.79 Å². The number of allylic oxidation sites excluding steroid dienone is 2. The van der Waals surface area contributed by atoms with Crippen LogP contribution in [0.5, 0.6) is 0 Å². The molecule has 0 aliphatic carbocycles. The Hall–Kier alpha value is -2.36. The van der Waals surface area contributed by atoms with Gasteiger partial charge in [-0.15, -0.1) is 0 Å². The Bertz CT molecular complexity index is 892. The van der Waals surface area contributed by atoms with Gasteiger partial charge in [0.05, 0.1) is 19.3 Å². The van der Waals surface area contributed by atoms with Gasteiger partial charge in [0.25, 0.3) is 0 Å². The number of hydrogen-bond acceptors (Lipinski definition) is 3. The van der Waals surface area contributed by atoms with Gasteiger partial charge in [0.2, 0.25) is 0 Å². The summed E-state index contributed by atoms with van der Waals surface area (Å²) in [5.41, 5.74) is 6.61. The molecular formula is C27H33NO2. The molecule has 3 heteroatoms. The van der Waals surface area contributed by atoms with E-state index in [1.54, 1.807) is 0 Å². The first-order valence-electron chi connectivity index (χ1n) is 11.1. The van der Waals surface area contributed by atoms with Crippen LogP contribution < -0.4 is 0 Å². The molecule has 158 valence electrons. The van der Waals surface area contributed by atoms with Crippen molar-refractivity contribution in [2.45, 2.75) is 51.9 Å². The average Bonchev–Trinajstić information content (AvgIpc) is 3.24. The lowest BCUT2D eigenvalue weighted by Crippen LogP contribution is -2.37. The number of hydrogen-bond donors (Lipinski definition) is 0. The van der Waals surface area contributed by atoms with Crippen LogP contribution in [0.1, 0.15) is 43.4 Å². The molecule has 2 aromatic rings. The Balaban J connectivity index is 1.44. The van der Waals surface area contributed by atoms with Crippen LogP contribution in [0.2, 0.25) is 0 Å². The zero-order chi connectivity index (χ0) is 21.0. The summed E-state index contributed by atoms with van der Waals surface area (Å²) in [6.45, 7) is 8.91. The fourth-order valence-corrected chi connectivity index (χ4v) is 4.50. The Morgan fingerprint density at radius 3 is 2.33 bits per heavy atom. The standard InChI is InChI=1S/C27H33NO2/c1-21-10-12-25(13-11-21)27(29-18-19-30-27)15-7-16-28-17-14-22(2)23(3)26(28)20-24-8-5-4-6-9-24/h4-6,8-14,17,26H,7,15-16,18-20H2,1-3H3. The molecule has 2 aliphatic rings. The summed E-state index contributed by atoms with van der Waals surface area (Å²) in [7, 11) is 0. The van der Waals surface area contributed by atoms with Crippen molar-refractivity contribution in [2.24, 2.45) is 0 Å². The lowest BCUT2D eigenvalue weighted by Gasteiger charge is -2.36. The van der Waals surface area contributed by atoms with E-state index in [9.17, 15) is 0 Å². The van der Waals surface area contributed by atoms with Gasteiger partial charge in [-0.25, -0.2) is 0 Å². The number of benzene rings is 2. The van der Waals surface area contributed by atoms with Gasteiger partial charge in [-0.2, -0.15) is 0 Å². The molecule has 0 spiro atoms. The third-order valence-corrected chi connectivity index (χ3v) is 6.48. The third kappa shape index (κ3) is 4.53. The maximum absolute atomic E-state index is 6.15. The molecule has 0 amide bonds. The molecule has 2 aliphatic heterocycles. The van der Waals surface area contributed by atoms with Crippen LogP contribution in [0.4, 0.5) is 0 Å². The number of rotatable bonds is 7. The molecule has 1 atom stereocenters. The predicted molar refractivity (Wildman–Crippen MR) is 122 cm³/mol. The summed E-state index contributed by atoms with van der Waals surface area (Å²) in [5, 5.41) is 0. The zero-order valence-electron chi connectivity index (χ0n) is 18.4. The molecule has 4 rings (SSSR count). The van der Waals surface area contributed by atoms with Gasteiger partial charge in [-0.05, 0) is 62.6 Å². The molecule has 0 aromatic heterocycles. The largest absolute Gasteiger partial charge is 0.370 e. The highest BCUT2D eigenvalue weighted by Crippen LogP contribution is 2.36. The summed E-state index contributed by atoms with van der Waals surface area (Å²) in [4.78, 5) is 2.49. The van der Waals surface area contributed by atoms with Gasteiger partial charge in [-0.1, -0.05) is 60.2 Å². The fourth-order valence-electron chi connectivity index (χ4n) is 4.50. The second kappa shape index (κ2) is 9.20. The second-order valence-corrected chi connectivity index (χ2v) is 8.54. The van der Waals surface area contributed by atoms with Gasteiger partial charge in [0.15, 0.2) is 5.79 Å². The minimum Gasteiger partial charge on any atom is -0.370 e. The number of aryl methyl sites for hydroxylation is 1. The Labute approximate surface area is 181 Å². The second-order valence-electron chi connectivity index (χ2n) is 8.54. The normalized spacial score (nSPS) is 20.8. The van der Waals surface area contributed by atoms with Crippen LogP contribution in [0.3, 0.4) is 0 Å². The molecule has 0 saturated carbocycles. The van der Waals surface area contributed by atoms with Crippen LogP contribution in [0.25, 0.3) is 0 Å². The average molecular weight is 404 g/mol. The van der Waals surface area contributed by atoms with Crippen LogP contribution >= 0.6 is 0 Å². The highest BCUT2D eigenvalue weighted by Gasteiger charge is 2.38. The lowest BCUT2D eigenvalue weighted by atomic mass is 9.92. The molecule has 2 heterocycles.